The molecule has 1 aromatic heterocycles. The van der Waals surface area contributed by atoms with Crippen LogP contribution in [0.5, 0.6) is 0 Å². The van der Waals surface area contributed by atoms with Crippen LogP contribution in [-0.2, 0) is 25.4 Å². The summed E-state index contributed by atoms with van der Waals surface area (Å²) >= 11 is 1.53. The van der Waals surface area contributed by atoms with Gasteiger partial charge in [0.05, 0.1) is 44.1 Å². The predicted octanol–water partition coefficient (Wildman–Crippen LogP) is 1.46. The van der Waals surface area contributed by atoms with Crippen LogP contribution in [0.2, 0.25) is 0 Å². The summed E-state index contributed by atoms with van der Waals surface area (Å²) in [5.41, 5.74) is 0. The van der Waals surface area contributed by atoms with Gasteiger partial charge in [-0.3, -0.25) is 4.79 Å². The van der Waals surface area contributed by atoms with E-state index in [1.54, 1.807) is 0 Å². The minimum atomic E-state index is 0.00572. The number of ether oxygens (including phenoxy) is 3. The Morgan fingerprint density at radius 2 is 2.30 bits per heavy atom. The number of nitrogens with zero attached hydrogens (tertiary/aromatic N) is 1. The first-order valence-corrected chi connectivity index (χ1v) is 9.20. The van der Waals surface area contributed by atoms with Gasteiger partial charge < -0.3 is 19.5 Å². The maximum Gasteiger partial charge on any atom is 0.231 e. The Hall–Kier alpha value is -1.02. The number of nitrogens with one attached hydrogen (secondary N) is 1. The second-order valence-corrected chi connectivity index (χ2v) is 8.05. The average Bonchev–Trinajstić information content (AvgIpc) is 2.92. The standard InChI is InChI=1S/C16H20N2O4S/c19-15(12-5-13-10-4-11(10)14(12)22-13)18-16-17-6-9(23-16)3-8-7-20-1-2-21-8/h6,8,10-14H,1-5,7H2,(H,17,18,19)/t8?,10-,11+,12-,13+,14+/m1/s1. The number of rotatable bonds is 4. The Morgan fingerprint density at radius 1 is 1.35 bits per heavy atom. The van der Waals surface area contributed by atoms with Gasteiger partial charge in [0.25, 0.3) is 0 Å². The van der Waals surface area contributed by atoms with E-state index < -0.39 is 0 Å². The zero-order chi connectivity index (χ0) is 15.4. The molecule has 1 amide bonds. The summed E-state index contributed by atoms with van der Waals surface area (Å²) in [5, 5.41) is 3.66. The molecule has 6 atom stereocenters. The van der Waals surface area contributed by atoms with Crippen molar-refractivity contribution in [1.82, 2.24) is 4.98 Å². The number of hydrogen-bond donors (Lipinski definition) is 1. The van der Waals surface area contributed by atoms with Crippen LogP contribution in [0.25, 0.3) is 0 Å². The molecule has 4 heterocycles. The van der Waals surface area contributed by atoms with Gasteiger partial charge in [-0.15, -0.1) is 11.3 Å². The Bertz CT molecular complexity index is 615. The SMILES string of the molecule is O=C(Nc1ncc(CC2COCCO2)s1)[C@@H]1C[C@@H]2O[C@H]1[C@H]1C[C@H]12. The van der Waals surface area contributed by atoms with Crippen molar-refractivity contribution in [1.29, 1.82) is 0 Å². The van der Waals surface area contributed by atoms with Crippen molar-refractivity contribution in [2.24, 2.45) is 17.8 Å². The predicted molar refractivity (Wildman–Crippen MR) is 83.4 cm³/mol. The van der Waals surface area contributed by atoms with E-state index in [1.807, 2.05) is 6.20 Å². The van der Waals surface area contributed by atoms with Crippen molar-refractivity contribution >= 4 is 22.4 Å². The molecule has 6 nitrogen and oxygen atoms in total. The zero-order valence-corrected chi connectivity index (χ0v) is 13.6. The summed E-state index contributed by atoms with van der Waals surface area (Å²) < 4.78 is 17.0. The van der Waals surface area contributed by atoms with Crippen molar-refractivity contribution < 1.29 is 19.0 Å². The van der Waals surface area contributed by atoms with Gasteiger partial charge in [0.1, 0.15) is 0 Å². The molecule has 2 bridgehead atoms. The Kier molecular flexibility index (Phi) is 3.44. The van der Waals surface area contributed by atoms with Crippen molar-refractivity contribution in [3.63, 3.8) is 0 Å². The number of carbonyl (C=O) groups is 1. The summed E-state index contributed by atoms with van der Waals surface area (Å²) in [6.07, 6.45) is 5.32. The van der Waals surface area contributed by atoms with Gasteiger partial charge in [-0.1, -0.05) is 0 Å². The first-order valence-electron chi connectivity index (χ1n) is 8.38. The Labute approximate surface area is 138 Å². The number of fused-ring (bicyclic) bond motifs is 5. The molecule has 4 aliphatic rings. The Morgan fingerprint density at radius 3 is 3.09 bits per heavy atom. The molecule has 0 spiro atoms. The van der Waals surface area contributed by atoms with Gasteiger partial charge in [0.15, 0.2) is 5.13 Å². The minimum Gasteiger partial charge on any atom is -0.376 e. The van der Waals surface area contributed by atoms with Gasteiger partial charge in [0.2, 0.25) is 5.91 Å². The molecule has 3 saturated heterocycles. The molecule has 1 aromatic rings. The quantitative estimate of drug-likeness (QED) is 0.901. The number of amides is 1. The summed E-state index contributed by atoms with van der Waals surface area (Å²) in [6, 6.07) is 0. The van der Waals surface area contributed by atoms with Crippen molar-refractivity contribution in [2.75, 3.05) is 25.1 Å². The molecule has 124 valence electrons. The molecular weight excluding hydrogens is 316 g/mol. The van der Waals surface area contributed by atoms with E-state index in [9.17, 15) is 4.79 Å². The minimum absolute atomic E-state index is 0.00572. The molecular formula is C16H20N2O4S. The molecule has 7 heteroatoms. The second kappa shape index (κ2) is 5.51. The van der Waals surface area contributed by atoms with Crippen LogP contribution in [0.4, 0.5) is 5.13 Å². The number of anilines is 1. The van der Waals surface area contributed by atoms with Crippen LogP contribution < -0.4 is 5.32 Å². The lowest BCUT2D eigenvalue weighted by atomic mass is 9.88. The number of aromatic nitrogens is 1. The third-order valence-corrected chi connectivity index (χ3v) is 6.37. The zero-order valence-electron chi connectivity index (χ0n) is 12.8. The van der Waals surface area contributed by atoms with Gasteiger partial charge in [-0.25, -0.2) is 4.98 Å². The molecule has 0 radical (unpaired) electrons. The normalized spacial score (nSPS) is 40.9. The van der Waals surface area contributed by atoms with Crippen molar-refractivity contribution in [2.45, 2.75) is 37.6 Å². The lowest BCUT2D eigenvalue weighted by molar-refractivity contribution is -0.121. The molecule has 1 unspecified atom stereocenters. The smallest absolute Gasteiger partial charge is 0.231 e. The highest BCUT2D eigenvalue weighted by atomic mass is 32.1. The van der Waals surface area contributed by atoms with E-state index in [0.29, 0.717) is 37.0 Å². The summed E-state index contributed by atoms with van der Waals surface area (Å²) in [7, 11) is 0. The van der Waals surface area contributed by atoms with Gasteiger partial charge in [-0.2, -0.15) is 0 Å². The lowest BCUT2D eigenvalue weighted by Crippen LogP contribution is -2.32. The third kappa shape index (κ3) is 2.59. The van der Waals surface area contributed by atoms with Gasteiger partial charge in [0, 0.05) is 17.5 Å². The first kappa shape index (κ1) is 14.3. The van der Waals surface area contributed by atoms with Gasteiger partial charge >= 0.3 is 0 Å². The van der Waals surface area contributed by atoms with Gasteiger partial charge in [-0.05, 0) is 24.7 Å². The second-order valence-electron chi connectivity index (χ2n) is 6.94. The van der Waals surface area contributed by atoms with Crippen LogP contribution in [0, 0.1) is 17.8 Å². The van der Waals surface area contributed by atoms with Crippen LogP contribution >= 0.6 is 11.3 Å². The third-order valence-electron chi connectivity index (χ3n) is 5.44. The number of hydrogen-bond acceptors (Lipinski definition) is 6. The maximum absolute atomic E-state index is 12.5. The van der Waals surface area contributed by atoms with E-state index in [2.05, 4.69) is 10.3 Å². The van der Waals surface area contributed by atoms with E-state index >= 15 is 0 Å². The Balaban J connectivity index is 1.19. The van der Waals surface area contributed by atoms with Crippen LogP contribution in [0.1, 0.15) is 17.7 Å². The van der Waals surface area contributed by atoms with E-state index in [0.717, 1.165) is 23.6 Å². The molecule has 4 fully saturated rings. The largest absolute Gasteiger partial charge is 0.376 e. The van der Waals surface area contributed by atoms with Crippen LogP contribution in [0.3, 0.4) is 0 Å². The number of thiazole rings is 1. The van der Waals surface area contributed by atoms with Crippen LogP contribution in [-0.4, -0.2) is 49.0 Å². The maximum atomic E-state index is 12.5. The van der Waals surface area contributed by atoms with E-state index in [-0.39, 0.29) is 24.0 Å². The van der Waals surface area contributed by atoms with E-state index in [1.165, 1.54) is 17.8 Å². The molecule has 0 aromatic carbocycles. The fourth-order valence-electron chi connectivity index (χ4n) is 4.25. The van der Waals surface area contributed by atoms with Crippen molar-refractivity contribution in [3.8, 4) is 0 Å². The topological polar surface area (TPSA) is 69.7 Å². The average molecular weight is 336 g/mol. The van der Waals surface area contributed by atoms with Crippen LogP contribution in [0.15, 0.2) is 6.20 Å². The first-order chi connectivity index (χ1) is 11.3. The highest BCUT2D eigenvalue weighted by molar-refractivity contribution is 7.15. The summed E-state index contributed by atoms with van der Waals surface area (Å²) in [5.74, 6) is 1.46. The highest BCUT2D eigenvalue weighted by Crippen LogP contribution is 2.60. The van der Waals surface area contributed by atoms with E-state index in [4.69, 9.17) is 14.2 Å². The highest BCUT2D eigenvalue weighted by Gasteiger charge is 2.64. The molecule has 1 saturated carbocycles. The fourth-order valence-corrected chi connectivity index (χ4v) is 5.13. The molecule has 3 aliphatic heterocycles. The number of carbonyl (C=O) groups excluding carboxylic acids is 1. The van der Waals surface area contributed by atoms with Crippen molar-refractivity contribution in [3.05, 3.63) is 11.1 Å². The molecule has 5 rings (SSSR count). The monoisotopic (exact) mass is 336 g/mol. The fraction of sp³-hybridized carbons (Fsp3) is 0.750. The molecule has 23 heavy (non-hydrogen) atoms. The lowest BCUT2D eigenvalue weighted by Gasteiger charge is -2.22. The summed E-state index contributed by atoms with van der Waals surface area (Å²) in [6.45, 7) is 1.96. The molecule has 1 aliphatic carbocycles. The molecule has 1 N–H and O–H groups in total. The summed E-state index contributed by atoms with van der Waals surface area (Å²) in [4.78, 5) is 17.9.